The zero-order valence-electron chi connectivity index (χ0n) is 11.6. The number of nitrogens with one attached hydrogen (secondary N) is 1. The Morgan fingerprint density at radius 3 is 2.86 bits per heavy atom. The van der Waals surface area contributed by atoms with Gasteiger partial charge in [0.05, 0.1) is 17.1 Å². The van der Waals surface area contributed by atoms with Gasteiger partial charge in [-0.1, -0.05) is 23.7 Å². The van der Waals surface area contributed by atoms with E-state index >= 15 is 0 Å². The van der Waals surface area contributed by atoms with E-state index in [1.165, 1.54) is 0 Å². The highest BCUT2D eigenvalue weighted by molar-refractivity contribution is 6.29. The van der Waals surface area contributed by atoms with Crippen LogP contribution in [0.5, 0.6) is 0 Å². The molecule has 21 heavy (non-hydrogen) atoms. The molecule has 0 bridgehead atoms. The van der Waals surface area contributed by atoms with E-state index in [4.69, 9.17) is 17.4 Å². The zero-order valence-corrected chi connectivity index (χ0v) is 12.4. The zero-order chi connectivity index (χ0) is 14.8. The molecule has 3 N–H and O–H groups in total. The second kappa shape index (κ2) is 5.81. The predicted octanol–water partition coefficient (Wildman–Crippen LogP) is 2.37. The first-order valence-corrected chi connectivity index (χ1v) is 7.04. The second-order valence-corrected chi connectivity index (χ2v) is 5.30. The number of hydrogen-bond acceptors (Lipinski definition) is 4. The molecule has 108 valence electrons. The summed E-state index contributed by atoms with van der Waals surface area (Å²) in [7, 11) is 2.01. The van der Waals surface area contributed by atoms with Gasteiger partial charge in [-0.2, -0.15) is 0 Å². The van der Waals surface area contributed by atoms with Crippen LogP contribution in [0.2, 0.25) is 5.15 Å². The molecule has 0 spiro atoms. The van der Waals surface area contributed by atoms with Crippen molar-refractivity contribution in [1.82, 2.24) is 20.0 Å². The first-order chi connectivity index (χ1) is 10.2. The Morgan fingerprint density at radius 1 is 1.33 bits per heavy atom. The van der Waals surface area contributed by atoms with Crippen molar-refractivity contribution in [3.05, 3.63) is 59.1 Å². The van der Waals surface area contributed by atoms with Crippen LogP contribution in [0, 0.1) is 0 Å². The molecule has 0 fully saturated rings. The van der Waals surface area contributed by atoms with Crippen LogP contribution in [-0.4, -0.2) is 14.5 Å². The molecule has 3 aromatic rings. The van der Waals surface area contributed by atoms with Gasteiger partial charge in [-0.05, 0) is 29.8 Å². The van der Waals surface area contributed by atoms with Gasteiger partial charge in [0.25, 0.3) is 0 Å². The van der Waals surface area contributed by atoms with E-state index in [1.54, 1.807) is 6.20 Å². The molecular weight excluding hydrogens is 286 g/mol. The SMILES string of the molecule is Cn1c(CC(NN)c2ccnc(Cl)c2)nc2ccccc21. The monoisotopic (exact) mass is 301 g/mol. The van der Waals surface area contributed by atoms with Gasteiger partial charge >= 0.3 is 0 Å². The average molecular weight is 302 g/mol. The third-order valence-corrected chi connectivity index (χ3v) is 3.83. The van der Waals surface area contributed by atoms with Crippen molar-refractivity contribution < 1.29 is 0 Å². The molecule has 5 nitrogen and oxygen atoms in total. The number of halogens is 1. The van der Waals surface area contributed by atoms with E-state index in [-0.39, 0.29) is 6.04 Å². The Labute approximate surface area is 127 Å². The summed E-state index contributed by atoms with van der Waals surface area (Å²) >= 11 is 5.94. The maximum Gasteiger partial charge on any atom is 0.129 e. The molecule has 3 rings (SSSR count). The number of benzene rings is 1. The van der Waals surface area contributed by atoms with E-state index in [1.807, 2.05) is 37.4 Å². The summed E-state index contributed by atoms with van der Waals surface area (Å²) in [4.78, 5) is 8.66. The number of hydrazine groups is 1. The van der Waals surface area contributed by atoms with E-state index in [9.17, 15) is 0 Å². The van der Waals surface area contributed by atoms with E-state index < -0.39 is 0 Å². The van der Waals surface area contributed by atoms with Crippen molar-refractivity contribution in [2.45, 2.75) is 12.5 Å². The van der Waals surface area contributed by atoms with Crippen LogP contribution in [0.1, 0.15) is 17.4 Å². The van der Waals surface area contributed by atoms with E-state index in [0.717, 1.165) is 22.4 Å². The normalized spacial score (nSPS) is 12.7. The summed E-state index contributed by atoms with van der Waals surface area (Å²) < 4.78 is 2.09. The van der Waals surface area contributed by atoms with Gasteiger partial charge in [0, 0.05) is 19.7 Å². The standard InChI is InChI=1S/C15H16ClN5/c1-21-13-5-3-2-4-11(13)19-15(21)9-12(20-17)10-6-7-18-14(16)8-10/h2-8,12,20H,9,17H2,1H3. The molecule has 0 radical (unpaired) electrons. The largest absolute Gasteiger partial charge is 0.331 e. The number of aromatic nitrogens is 3. The van der Waals surface area contributed by atoms with Crippen LogP contribution in [0.3, 0.4) is 0 Å². The predicted molar refractivity (Wildman–Crippen MR) is 83.7 cm³/mol. The van der Waals surface area contributed by atoms with Crippen molar-refractivity contribution >= 4 is 22.6 Å². The number of imidazole rings is 1. The molecule has 0 aliphatic heterocycles. The lowest BCUT2D eigenvalue weighted by atomic mass is 10.1. The Hall–Kier alpha value is -1.95. The number of aryl methyl sites for hydroxylation is 1. The van der Waals surface area contributed by atoms with Crippen molar-refractivity contribution in [2.75, 3.05) is 0 Å². The number of nitrogens with zero attached hydrogens (tertiary/aromatic N) is 3. The molecule has 6 heteroatoms. The van der Waals surface area contributed by atoms with E-state index in [2.05, 4.69) is 26.0 Å². The fourth-order valence-electron chi connectivity index (χ4n) is 2.47. The lowest BCUT2D eigenvalue weighted by Crippen LogP contribution is -2.30. The Bertz CT molecular complexity index is 768. The van der Waals surface area contributed by atoms with Gasteiger partial charge in [-0.15, -0.1) is 0 Å². The fourth-order valence-corrected chi connectivity index (χ4v) is 2.65. The summed E-state index contributed by atoms with van der Waals surface area (Å²) in [5, 5.41) is 0.456. The number of rotatable bonds is 4. The lowest BCUT2D eigenvalue weighted by Gasteiger charge is -2.16. The van der Waals surface area contributed by atoms with Crippen molar-refractivity contribution in [3.8, 4) is 0 Å². The summed E-state index contributed by atoms with van der Waals surface area (Å²) in [5.74, 6) is 6.66. The number of pyridine rings is 1. The van der Waals surface area contributed by atoms with Gasteiger partial charge in [-0.25, -0.2) is 9.97 Å². The quantitative estimate of drug-likeness (QED) is 0.441. The minimum atomic E-state index is -0.0685. The van der Waals surface area contributed by atoms with Gasteiger partial charge in [-0.3, -0.25) is 11.3 Å². The van der Waals surface area contributed by atoms with Crippen molar-refractivity contribution in [3.63, 3.8) is 0 Å². The fraction of sp³-hybridized carbons (Fsp3) is 0.200. The highest BCUT2D eigenvalue weighted by atomic mass is 35.5. The first kappa shape index (κ1) is 14.0. The van der Waals surface area contributed by atoms with Crippen molar-refractivity contribution in [1.29, 1.82) is 0 Å². The van der Waals surface area contributed by atoms with Gasteiger partial charge in [0.1, 0.15) is 11.0 Å². The van der Waals surface area contributed by atoms with Crippen molar-refractivity contribution in [2.24, 2.45) is 12.9 Å². The molecule has 2 heterocycles. The maximum absolute atomic E-state index is 5.94. The maximum atomic E-state index is 5.94. The Kier molecular flexibility index (Phi) is 3.88. The minimum absolute atomic E-state index is 0.0685. The Morgan fingerprint density at radius 2 is 2.14 bits per heavy atom. The number of nitrogens with two attached hydrogens (primary N) is 1. The molecule has 0 aliphatic rings. The third-order valence-electron chi connectivity index (χ3n) is 3.62. The number of fused-ring (bicyclic) bond motifs is 1. The topological polar surface area (TPSA) is 68.8 Å². The molecule has 1 aromatic carbocycles. The second-order valence-electron chi connectivity index (χ2n) is 4.91. The highest BCUT2D eigenvalue weighted by Gasteiger charge is 2.15. The number of hydrogen-bond donors (Lipinski definition) is 2. The molecule has 1 unspecified atom stereocenters. The molecular formula is C15H16ClN5. The summed E-state index contributed by atoms with van der Waals surface area (Å²) in [6, 6.07) is 11.7. The molecule has 0 saturated carbocycles. The minimum Gasteiger partial charge on any atom is -0.331 e. The summed E-state index contributed by atoms with van der Waals surface area (Å²) in [6.45, 7) is 0. The molecule has 0 amide bonds. The van der Waals surface area contributed by atoms with Gasteiger partial charge in [0.15, 0.2) is 0 Å². The third kappa shape index (κ3) is 2.76. The van der Waals surface area contributed by atoms with Crippen LogP contribution in [0.15, 0.2) is 42.6 Å². The molecule has 1 atom stereocenters. The van der Waals surface area contributed by atoms with Gasteiger partial charge in [0.2, 0.25) is 0 Å². The summed E-state index contributed by atoms with van der Waals surface area (Å²) in [6.07, 6.45) is 2.35. The average Bonchev–Trinajstić information content (AvgIpc) is 2.81. The Balaban J connectivity index is 1.94. The molecule has 0 saturated heterocycles. The van der Waals surface area contributed by atoms with E-state index in [0.29, 0.717) is 11.6 Å². The van der Waals surface area contributed by atoms with Crippen LogP contribution >= 0.6 is 11.6 Å². The van der Waals surface area contributed by atoms with Crippen LogP contribution in [0.4, 0.5) is 0 Å². The van der Waals surface area contributed by atoms with Crippen LogP contribution in [-0.2, 0) is 13.5 Å². The lowest BCUT2D eigenvalue weighted by molar-refractivity contribution is 0.531. The molecule has 0 aliphatic carbocycles. The van der Waals surface area contributed by atoms with Crippen LogP contribution < -0.4 is 11.3 Å². The molecule has 2 aromatic heterocycles. The van der Waals surface area contributed by atoms with Gasteiger partial charge < -0.3 is 4.57 Å². The first-order valence-electron chi connectivity index (χ1n) is 6.67. The van der Waals surface area contributed by atoms with Crippen LogP contribution in [0.25, 0.3) is 11.0 Å². The smallest absolute Gasteiger partial charge is 0.129 e. The summed E-state index contributed by atoms with van der Waals surface area (Å²) in [5.41, 5.74) is 5.91. The number of para-hydroxylation sites is 2. The highest BCUT2D eigenvalue weighted by Crippen LogP contribution is 2.21.